The summed E-state index contributed by atoms with van der Waals surface area (Å²) >= 11 is 0. The third-order valence-electron chi connectivity index (χ3n) is 1.23. The minimum atomic E-state index is -0.765. The van der Waals surface area contributed by atoms with Crippen molar-refractivity contribution in [3.8, 4) is 0 Å². The van der Waals surface area contributed by atoms with E-state index in [9.17, 15) is 4.79 Å². The number of carboxylic acids is 1. The van der Waals surface area contributed by atoms with E-state index in [0.717, 1.165) is 5.71 Å². The van der Waals surface area contributed by atoms with Crippen LogP contribution in [0.3, 0.4) is 0 Å². The van der Waals surface area contributed by atoms with E-state index >= 15 is 0 Å². The molecule has 0 aromatic rings. The second kappa shape index (κ2) is 4.24. The van der Waals surface area contributed by atoms with E-state index in [1.165, 1.54) is 0 Å². The van der Waals surface area contributed by atoms with E-state index in [2.05, 4.69) is 4.99 Å². The highest BCUT2D eigenvalue weighted by atomic mass is 16.4. The summed E-state index contributed by atoms with van der Waals surface area (Å²) < 4.78 is 0. The molecule has 0 aromatic heterocycles. The van der Waals surface area contributed by atoms with E-state index in [0.29, 0.717) is 6.42 Å². The molecule has 0 spiro atoms. The molecule has 1 N–H and O–H groups in total. The van der Waals surface area contributed by atoms with Gasteiger partial charge >= 0.3 is 5.97 Å². The molecule has 0 atom stereocenters. The fourth-order valence-electron chi connectivity index (χ4n) is 0.916. The van der Waals surface area contributed by atoms with Gasteiger partial charge in [0.15, 0.2) is 0 Å². The molecule has 3 heteroatoms. The minimum absolute atomic E-state index is 0.0947. The standard InChI is InChI=1S/C9H17NO2/c1-7(5-6-8(11)12)10-9(2,3)4/h5-6H2,1-4H3,(H,11,12). The predicted molar refractivity (Wildman–Crippen MR) is 49.7 cm³/mol. The smallest absolute Gasteiger partial charge is 0.303 e. The quantitative estimate of drug-likeness (QED) is 0.661. The summed E-state index contributed by atoms with van der Waals surface area (Å²) in [5.41, 5.74) is 0.813. The number of hydrogen-bond acceptors (Lipinski definition) is 2. The normalized spacial score (nSPS) is 13.2. The highest BCUT2D eigenvalue weighted by Crippen LogP contribution is 2.08. The maximum Gasteiger partial charge on any atom is 0.303 e. The van der Waals surface area contributed by atoms with Crippen LogP contribution in [0.1, 0.15) is 40.5 Å². The summed E-state index contributed by atoms with van der Waals surface area (Å²) in [6.07, 6.45) is 0.720. The Balaban J connectivity index is 3.95. The lowest BCUT2D eigenvalue weighted by Crippen LogP contribution is -2.13. The molecule has 0 amide bonds. The first-order valence-electron chi connectivity index (χ1n) is 4.08. The third-order valence-corrected chi connectivity index (χ3v) is 1.23. The van der Waals surface area contributed by atoms with Crippen molar-refractivity contribution in [2.24, 2.45) is 4.99 Å². The number of carboxylic acid groups (broad SMARTS) is 1. The summed E-state index contributed by atoms with van der Waals surface area (Å²) in [6, 6.07) is 0. The molecule has 0 fully saturated rings. The molecule has 0 aliphatic carbocycles. The van der Waals surface area contributed by atoms with Gasteiger partial charge in [0.2, 0.25) is 0 Å². The SMILES string of the molecule is CC(CCC(=O)O)=NC(C)(C)C. The summed E-state index contributed by atoms with van der Waals surface area (Å²) in [5.74, 6) is -0.765. The van der Waals surface area contributed by atoms with Crippen LogP contribution in [0.4, 0.5) is 0 Å². The third kappa shape index (κ3) is 7.25. The van der Waals surface area contributed by atoms with Crippen LogP contribution < -0.4 is 0 Å². The van der Waals surface area contributed by atoms with Gasteiger partial charge in [-0.05, 0) is 34.1 Å². The molecule has 0 unspecified atom stereocenters. The van der Waals surface area contributed by atoms with Crippen LogP contribution in [0.25, 0.3) is 0 Å². The van der Waals surface area contributed by atoms with Gasteiger partial charge in [0.05, 0.1) is 12.0 Å². The summed E-state index contributed by atoms with van der Waals surface area (Å²) in [6.45, 7) is 7.86. The number of hydrogen-bond donors (Lipinski definition) is 1. The van der Waals surface area contributed by atoms with Crippen LogP contribution in [0.5, 0.6) is 0 Å². The highest BCUT2D eigenvalue weighted by Gasteiger charge is 2.07. The zero-order valence-corrected chi connectivity index (χ0v) is 8.22. The molecule has 3 nitrogen and oxygen atoms in total. The van der Waals surface area contributed by atoms with Crippen LogP contribution >= 0.6 is 0 Å². The lowest BCUT2D eigenvalue weighted by molar-refractivity contribution is -0.136. The number of rotatable bonds is 3. The van der Waals surface area contributed by atoms with Crippen LogP contribution in [0.2, 0.25) is 0 Å². The molecule has 0 rings (SSSR count). The Morgan fingerprint density at radius 2 is 1.83 bits per heavy atom. The van der Waals surface area contributed by atoms with E-state index in [1.54, 1.807) is 0 Å². The second-order valence-corrected chi connectivity index (χ2v) is 3.91. The number of aliphatic carboxylic acids is 1. The van der Waals surface area contributed by atoms with Gasteiger partial charge in [-0.2, -0.15) is 0 Å². The summed E-state index contributed by atoms with van der Waals surface area (Å²) in [4.78, 5) is 14.5. The molecule has 0 saturated heterocycles. The average molecular weight is 171 g/mol. The summed E-state index contributed by atoms with van der Waals surface area (Å²) in [5, 5.41) is 8.41. The zero-order chi connectivity index (χ0) is 9.78. The van der Waals surface area contributed by atoms with Gasteiger partial charge in [-0.3, -0.25) is 9.79 Å². The lowest BCUT2D eigenvalue weighted by Gasteiger charge is -2.13. The maximum absolute atomic E-state index is 10.2. The number of nitrogens with zero attached hydrogens (tertiary/aromatic N) is 1. The Hall–Kier alpha value is -0.860. The van der Waals surface area contributed by atoms with Crippen LogP contribution in [0, 0.1) is 0 Å². The molecular weight excluding hydrogens is 154 g/mol. The number of carbonyl (C=O) groups is 1. The van der Waals surface area contributed by atoms with Crippen molar-refractivity contribution in [3.05, 3.63) is 0 Å². The Morgan fingerprint density at radius 1 is 1.33 bits per heavy atom. The Bertz CT molecular complexity index is 189. The van der Waals surface area contributed by atoms with Gasteiger partial charge in [-0.25, -0.2) is 0 Å². The van der Waals surface area contributed by atoms with Crippen molar-refractivity contribution in [2.45, 2.75) is 46.1 Å². The average Bonchev–Trinajstić information content (AvgIpc) is 1.79. The zero-order valence-electron chi connectivity index (χ0n) is 8.22. The lowest BCUT2D eigenvalue weighted by atomic mass is 10.1. The molecule has 0 saturated carbocycles. The van der Waals surface area contributed by atoms with Crippen molar-refractivity contribution < 1.29 is 9.90 Å². The number of aliphatic imine (C=N–C) groups is 1. The first-order valence-corrected chi connectivity index (χ1v) is 4.08. The molecule has 0 aromatic carbocycles. The maximum atomic E-state index is 10.2. The fourth-order valence-corrected chi connectivity index (χ4v) is 0.916. The molecule has 12 heavy (non-hydrogen) atoms. The van der Waals surface area contributed by atoms with Crippen molar-refractivity contribution >= 4 is 11.7 Å². The molecule has 0 bridgehead atoms. The fraction of sp³-hybridized carbons (Fsp3) is 0.778. The van der Waals surface area contributed by atoms with E-state index in [1.807, 2.05) is 27.7 Å². The van der Waals surface area contributed by atoms with Crippen LogP contribution in [-0.2, 0) is 4.79 Å². The predicted octanol–water partition coefficient (Wildman–Crippen LogP) is 2.11. The largest absolute Gasteiger partial charge is 0.481 e. The molecular formula is C9H17NO2. The minimum Gasteiger partial charge on any atom is -0.481 e. The second-order valence-electron chi connectivity index (χ2n) is 3.91. The van der Waals surface area contributed by atoms with Crippen LogP contribution in [0.15, 0.2) is 4.99 Å². The highest BCUT2D eigenvalue weighted by molar-refractivity contribution is 5.85. The van der Waals surface area contributed by atoms with Gasteiger partial charge in [0.25, 0.3) is 0 Å². The molecule has 0 heterocycles. The first kappa shape index (κ1) is 11.1. The Morgan fingerprint density at radius 3 is 2.17 bits per heavy atom. The first-order chi connectivity index (χ1) is 5.31. The monoisotopic (exact) mass is 171 g/mol. The van der Waals surface area contributed by atoms with Crippen molar-refractivity contribution in [2.75, 3.05) is 0 Å². The van der Waals surface area contributed by atoms with E-state index in [-0.39, 0.29) is 12.0 Å². The molecule has 0 aliphatic rings. The van der Waals surface area contributed by atoms with Gasteiger partial charge in [0, 0.05) is 5.71 Å². The summed E-state index contributed by atoms with van der Waals surface area (Å²) in [7, 11) is 0. The molecule has 0 aliphatic heterocycles. The van der Waals surface area contributed by atoms with Gasteiger partial charge in [0.1, 0.15) is 0 Å². The van der Waals surface area contributed by atoms with E-state index < -0.39 is 5.97 Å². The van der Waals surface area contributed by atoms with Gasteiger partial charge in [-0.1, -0.05) is 0 Å². The van der Waals surface area contributed by atoms with Crippen molar-refractivity contribution in [3.63, 3.8) is 0 Å². The molecule has 0 radical (unpaired) electrons. The van der Waals surface area contributed by atoms with Crippen molar-refractivity contribution in [1.82, 2.24) is 0 Å². The Labute approximate surface area is 73.5 Å². The molecule has 70 valence electrons. The van der Waals surface area contributed by atoms with Crippen molar-refractivity contribution in [1.29, 1.82) is 0 Å². The van der Waals surface area contributed by atoms with Gasteiger partial charge in [-0.15, -0.1) is 0 Å². The topological polar surface area (TPSA) is 49.7 Å². The van der Waals surface area contributed by atoms with Crippen LogP contribution in [-0.4, -0.2) is 22.3 Å². The van der Waals surface area contributed by atoms with E-state index in [4.69, 9.17) is 5.11 Å². The van der Waals surface area contributed by atoms with Gasteiger partial charge < -0.3 is 5.11 Å². The Kier molecular flexibility index (Phi) is 3.93.